The molecule has 1 fully saturated rings. The van der Waals surface area contributed by atoms with Crippen molar-refractivity contribution in [1.82, 2.24) is 15.2 Å². The topological polar surface area (TPSA) is 86.4 Å². The minimum absolute atomic E-state index is 0.0199. The second kappa shape index (κ2) is 8.70. The minimum Gasteiger partial charge on any atom is -0.335 e. The number of anilines is 2. The van der Waals surface area contributed by atoms with Crippen LogP contribution in [0, 0.1) is 0 Å². The molecular formula is C20H25N5O2S. The Bertz CT molecular complexity index is 832. The molecule has 2 aromatic rings. The number of aromatic nitrogens is 1. The van der Waals surface area contributed by atoms with Gasteiger partial charge in [-0.15, -0.1) is 11.3 Å². The lowest BCUT2D eigenvalue weighted by molar-refractivity contribution is -0.117. The van der Waals surface area contributed by atoms with Crippen LogP contribution >= 0.6 is 11.3 Å². The van der Waals surface area contributed by atoms with Crippen molar-refractivity contribution < 1.29 is 9.59 Å². The van der Waals surface area contributed by atoms with Crippen LogP contribution in [-0.2, 0) is 17.8 Å². The number of carbonyl (C=O) groups excluding carboxylic acids is 2. The Hall–Kier alpha value is -2.45. The van der Waals surface area contributed by atoms with E-state index in [9.17, 15) is 9.59 Å². The summed E-state index contributed by atoms with van der Waals surface area (Å²) >= 11 is 1.50. The molecule has 8 heteroatoms. The zero-order chi connectivity index (χ0) is 19.3. The van der Waals surface area contributed by atoms with E-state index < -0.39 is 0 Å². The normalized spacial score (nSPS) is 17.1. The molecule has 3 N–H and O–H groups in total. The van der Waals surface area contributed by atoms with Crippen molar-refractivity contribution in [2.75, 3.05) is 23.7 Å². The van der Waals surface area contributed by atoms with E-state index in [1.165, 1.54) is 24.2 Å². The smallest absolute Gasteiger partial charge is 0.321 e. The van der Waals surface area contributed by atoms with E-state index in [0.29, 0.717) is 18.2 Å². The summed E-state index contributed by atoms with van der Waals surface area (Å²) in [5, 5.41) is 9.45. The molecule has 0 saturated heterocycles. The predicted octanol–water partition coefficient (Wildman–Crippen LogP) is 3.20. The highest BCUT2D eigenvalue weighted by Crippen LogP contribution is 2.28. The van der Waals surface area contributed by atoms with E-state index in [4.69, 9.17) is 0 Å². The first-order valence-electron chi connectivity index (χ1n) is 9.79. The number of benzene rings is 1. The molecule has 2 heterocycles. The number of carbonyl (C=O) groups is 2. The third-order valence-electron chi connectivity index (χ3n) is 5.15. The van der Waals surface area contributed by atoms with E-state index in [1.807, 2.05) is 30.3 Å². The fourth-order valence-electron chi connectivity index (χ4n) is 3.75. The Morgan fingerprint density at radius 2 is 1.93 bits per heavy atom. The fraction of sp³-hybridized carbons (Fsp3) is 0.450. The quantitative estimate of drug-likeness (QED) is 0.721. The molecule has 1 aromatic carbocycles. The third kappa shape index (κ3) is 4.88. The van der Waals surface area contributed by atoms with E-state index in [1.54, 1.807) is 0 Å². The molecule has 2 aliphatic rings. The second-order valence-corrected chi connectivity index (χ2v) is 8.43. The fourth-order valence-corrected chi connectivity index (χ4v) is 4.80. The van der Waals surface area contributed by atoms with Crippen LogP contribution < -0.4 is 16.0 Å². The average molecular weight is 400 g/mol. The Balaban J connectivity index is 1.29. The summed E-state index contributed by atoms with van der Waals surface area (Å²) in [5.74, 6) is -0.0199. The lowest BCUT2D eigenvalue weighted by atomic mass is 10.2. The van der Waals surface area contributed by atoms with Crippen molar-refractivity contribution in [2.45, 2.75) is 44.7 Å². The van der Waals surface area contributed by atoms with Crippen molar-refractivity contribution in [2.24, 2.45) is 0 Å². The lowest BCUT2D eigenvalue weighted by Gasteiger charge is -2.25. The average Bonchev–Trinajstić information content (AvgIpc) is 3.31. The van der Waals surface area contributed by atoms with Gasteiger partial charge in [0.15, 0.2) is 5.13 Å². The number of hydrogen-bond donors (Lipinski definition) is 3. The first-order valence-corrected chi connectivity index (χ1v) is 10.6. The summed E-state index contributed by atoms with van der Waals surface area (Å²) in [4.78, 5) is 32.2. The molecule has 3 amide bonds. The summed E-state index contributed by atoms with van der Waals surface area (Å²) in [7, 11) is 0. The molecule has 1 aromatic heterocycles. The van der Waals surface area contributed by atoms with Crippen LogP contribution in [0.1, 0.15) is 36.3 Å². The number of fused-ring (bicyclic) bond motifs is 1. The van der Waals surface area contributed by atoms with Crippen LogP contribution in [0.15, 0.2) is 30.3 Å². The zero-order valence-corrected chi connectivity index (χ0v) is 16.6. The second-order valence-electron chi connectivity index (χ2n) is 7.34. The number of urea groups is 1. The molecule has 148 valence electrons. The molecule has 1 aliphatic heterocycles. The van der Waals surface area contributed by atoms with Gasteiger partial charge in [0, 0.05) is 36.1 Å². The molecule has 7 nitrogen and oxygen atoms in total. The summed E-state index contributed by atoms with van der Waals surface area (Å²) in [6.07, 6.45) is 5.27. The lowest BCUT2D eigenvalue weighted by Crippen LogP contribution is -2.36. The maximum Gasteiger partial charge on any atom is 0.321 e. The number of hydrogen-bond acceptors (Lipinski definition) is 5. The van der Waals surface area contributed by atoms with Crippen LogP contribution in [0.5, 0.6) is 0 Å². The molecular weight excluding hydrogens is 374 g/mol. The van der Waals surface area contributed by atoms with E-state index in [2.05, 4.69) is 25.8 Å². The maximum absolute atomic E-state index is 12.3. The van der Waals surface area contributed by atoms with Gasteiger partial charge in [-0.05, 0) is 25.0 Å². The number of thiazole rings is 1. The Morgan fingerprint density at radius 1 is 1.14 bits per heavy atom. The summed E-state index contributed by atoms with van der Waals surface area (Å²) in [6.45, 7) is 1.81. The highest BCUT2D eigenvalue weighted by Gasteiger charge is 2.23. The van der Waals surface area contributed by atoms with Crippen molar-refractivity contribution in [3.63, 3.8) is 0 Å². The minimum atomic E-state index is -0.169. The molecule has 0 unspecified atom stereocenters. The van der Waals surface area contributed by atoms with Gasteiger partial charge in [-0.25, -0.2) is 9.78 Å². The van der Waals surface area contributed by atoms with Crippen LogP contribution in [0.3, 0.4) is 0 Å². The predicted molar refractivity (Wildman–Crippen MR) is 111 cm³/mol. The van der Waals surface area contributed by atoms with Crippen molar-refractivity contribution >= 4 is 34.1 Å². The van der Waals surface area contributed by atoms with E-state index in [0.717, 1.165) is 42.1 Å². The van der Waals surface area contributed by atoms with Crippen molar-refractivity contribution in [3.05, 3.63) is 40.9 Å². The molecule has 4 rings (SSSR count). The van der Waals surface area contributed by atoms with Crippen LogP contribution in [0.2, 0.25) is 0 Å². The van der Waals surface area contributed by atoms with Gasteiger partial charge in [-0.1, -0.05) is 31.0 Å². The van der Waals surface area contributed by atoms with Gasteiger partial charge < -0.3 is 10.6 Å². The first kappa shape index (κ1) is 18.9. The summed E-state index contributed by atoms with van der Waals surface area (Å²) < 4.78 is 0. The first-order chi connectivity index (χ1) is 13.7. The molecule has 1 saturated carbocycles. The monoisotopic (exact) mass is 399 g/mol. The zero-order valence-electron chi connectivity index (χ0n) is 15.7. The Kier molecular flexibility index (Phi) is 5.87. The Morgan fingerprint density at radius 3 is 2.71 bits per heavy atom. The van der Waals surface area contributed by atoms with Gasteiger partial charge in [-0.3, -0.25) is 15.0 Å². The van der Waals surface area contributed by atoms with Gasteiger partial charge >= 0.3 is 6.03 Å². The van der Waals surface area contributed by atoms with E-state index in [-0.39, 0.29) is 18.0 Å². The van der Waals surface area contributed by atoms with Gasteiger partial charge in [0.25, 0.3) is 0 Å². The SMILES string of the molecule is O=C(CN1CCc2nc(NC(=O)NC3CCCC3)sc2C1)Nc1ccccc1. The maximum atomic E-state index is 12.3. The van der Waals surface area contributed by atoms with Crippen LogP contribution in [0.25, 0.3) is 0 Å². The van der Waals surface area contributed by atoms with Gasteiger partial charge in [0.05, 0.1) is 12.2 Å². The number of nitrogens with zero attached hydrogens (tertiary/aromatic N) is 2. The number of nitrogens with one attached hydrogen (secondary N) is 3. The standard InChI is InChI=1S/C20H25N5O2S/c26-18(21-14-6-2-1-3-7-14)13-25-11-10-16-17(12-25)28-20(23-16)24-19(27)22-15-8-4-5-9-15/h1-3,6-7,15H,4-5,8-13H2,(H,21,26)(H2,22,23,24,27). The number of para-hydroxylation sites is 1. The molecule has 0 atom stereocenters. The van der Waals surface area contributed by atoms with Gasteiger partial charge in [0.1, 0.15) is 0 Å². The van der Waals surface area contributed by atoms with Gasteiger partial charge in [-0.2, -0.15) is 0 Å². The highest BCUT2D eigenvalue weighted by molar-refractivity contribution is 7.15. The number of amides is 3. The van der Waals surface area contributed by atoms with Crippen LogP contribution in [0.4, 0.5) is 15.6 Å². The summed E-state index contributed by atoms with van der Waals surface area (Å²) in [5.41, 5.74) is 1.84. The third-order valence-corrected chi connectivity index (χ3v) is 6.14. The number of rotatable bonds is 5. The van der Waals surface area contributed by atoms with Gasteiger partial charge in [0.2, 0.25) is 5.91 Å². The highest BCUT2D eigenvalue weighted by atomic mass is 32.1. The van der Waals surface area contributed by atoms with Crippen molar-refractivity contribution in [3.8, 4) is 0 Å². The Labute approximate surface area is 168 Å². The molecule has 0 spiro atoms. The molecule has 0 radical (unpaired) electrons. The van der Waals surface area contributed by atoms with E-state index >= 15 is 0 Å². The largest absolute Gasteiger partial charge is 0.335 e. The van der Waals surface area contributed by atoms with Crippen molar-refractivity contribution in [1.29, 1.82) is 0 Å². The molecule has 0 bridgehead atoms. The summed E-state index contributed by atoms with van der Waals surface area (Å²) in [6, 6.07) is 9.60. The van der Waals surface area contributed by atoms with Crippen LogP contribution in [-0.4, -0.2) is 41.0 Å². The molecule has 1 aliphatic carbocycles. The molecule has 28 heavy (non-hydrogen) atoms.